The minimum Gasteiger partial charge on any atom is -0.382 e. The average Bonchev–Trinajstić information content (AvgIpc) is 3.23. The lowest BCUT2D eigenvalue weighted by molar-refractivity contribution is -0.0367. The van der Waals surface area contributed by atoms with Crippen molar-refractivity contribution in [3.05, 3.63) is 12.7 Å². The fourth-order valence-corrected chi connectivity index (χ4v) is 4.24. The zero-order chi connectivity index (χ0) is 24.4. The topological polar surface area (TPSA) is 149 Å². The molecule has 0 saturated heterocycles. The number of anilines is 1. The van der Waals surface area contributed by atoms with Gasteiger partial charge in [-0.1, -0.05) is 57.8 Å². The van der Waals surface area contributed by atoms with Crippen molar-refractivity contribution in [3.8, 4) is 12.3 Å². The van der Waals surface area contributed by atoms with Crippen LogP contribution in [-0.4, -0.2) is 39.0 Å². The normalized spacial score (nSPS) is 12.8. The largest absolute Gasteiger partial charge is 0.382 e. The van der Waals surface area contributed by atoms with Gasteiger partial charge >= 0.3 is 8.25 Å². The van der Waals surface area contributed by atoms with Crippen molar-refractivity contribution in [1.29, 1.82) is 0 Å². The summed E-state index contributed by atoms with van der Waals surface area (Å²) < 4.78 is 29.8. The van der Waals surface area contributed by atoms with Gasteiger partial charge in [-0.15, -0.1) is 12.3 Å². The highest BCUT2D eigenvalue weighted by Gasteiger charge is 2.11. The standard InChI is InChI=1S/C24H40N5O4P.H3N/c1-3-4-5-6-7-8-9-10-11-12-13-14-15-16-32-34(30)33-20-31-21(2)17-29-19-28-22-23(25)26-18-27-24(22)29;/h1,18-19,21,34H,4-17,20H2,2H3,(H2,25,26,27);1H3/t21-;/m1./s1. The number of imidazole rings is 1. The first-order valence-corrected chi connectivity index (χ1v) is 13.6. The van der Waals surface area contributed by atoms with Crippen molar-refractivity contribution in [2.24, 2.45) is 0 Å². The van der Waals surface area contributed by atoms with Crippen LogP contribution < -0.4 is 11.9 Å². The molecule has 11 heteroatoms. The molecule has 0 fully saturated rings. The lowest BCUT2D eigenvalue weighted by Gasteiger charge is -2.14. The van der Waals surface area contributed by atoms with Gasteiger partial charge in [-0.25, -0.2) is 15.0 Å². The number of aromatic nitrogens is 4. The summed E-state index contributed by atoms with van der Waals surface area (Å²) >= 11 is 0. The number of nitrogens with zero attached hydrogens (tertiary/aromatic N) is 4. The maximum atomic E-state index is 11.9. The van der Waals surface area contributed by atoms with Crippen LogP contribution in [-0.2, 0) is 24.9 Å². The van der Waals surface area contributed by atoms with Gasteiger partial charge in [0.25, 0.3) is 0 Å². The van der Waals surface area contributed by atoms with Gasteiger partial charge in [0.15, 0.2) is 18.3 Å². The fraction of sp³-hybridized carbons (Fsp3) is 0.708. The molecule has 0 aliphatic rings. The molecule has 0 amide bonds. The monoisotopic (exact) mass is 510 g/mol. The zero-order valence-electron chi connectivity index (χ0n) is 21.1. The van der Waals surface area contributed by atoms with Gasteiger partial charge in [-0.05, 0) is 19.8 Å². The number of fused-ring (bicyclic) bond motifs is 1. The Kier molecular flexibility index (Phi) is 17.0. The summed E-state index contributed by atoms with van der Waals surface area (Å²) in [5, 5.41) is 0. The summed E-state index contributed by atoms with van der Waals surface area (Å²) in [6.45, 7) is 2.75. The molecule has 35 heavy (non-hydrogen) atoms. The van der Waals surface area contributed by atoms with E-state index in [0.29, 0.717) is 30.1 Å². The van der Waals surface area contributed by atoms with Crippen LogP contribution >= 0.6 is 8.25 Å². The first kappa shape index (κ1) is 31.0. The third-order valence-corrected chi connectivity index (χ3v) is 6.39. The van der Waals surface area contributed by atoms with Crippen LogP contribution in [0.5, 0.6) is 0 Å². The quantitative estimate of drug-likeness (QED) is 0.0993. The molecule has 0 bridgehead atoms. The minimum absolute atomic E-state index is 0. The van der Waals surface area contributed by atoms with Crippen LogP contribution in [0.1, 0.15) is 84.0 Å². The maximum Gasteiger partial charge on any atom is 0.321 e. The molecule has 2 aromatic rings. The molecule has 0 aromatic carbocycles. The van der Waals surface area contributed by atoms with E-state index in [1.807, 2.05) is 11.5 Å². The molecule has 2 rings (SSSR count). The summed E-state index contributed by atoms with van der Waals surface area (Å²) in [7, 11) is -2.54. The van der Waals surface area contributed by atoms with Gasteiger partial charge in [0.1, 0.15) is 11.8 Å². The fourth-order valence-electron chi connectivity index (χ4n) is 3.68. The Morgan fingerprint density at radius 2 is 1.63 bits per heavy atom. The molecular weight excluding hydrogens is 467 g/mol. The lowest BCUT2D eigenvalue weighted by atomic mass is 10.1. The van der Waals surface area contributed by atoms with Crippen LogP contribution in [0.25, 0.3) is 11.2 Å². The van der Waals surface area contributed by atoms with Gasteiger partial charge in [0.05, 0.1) is 25.6 Å². The number of unbranched alkanes of at least 4 members (excludes halogenated alkanes) is 11. The summed E-state index contributed by atoms with van der Waals surface area (Å²) in [6.07, 6.45) is 22.4. The van der Waals surface area contributed by atoms with Crippen molar-refractivity contribution < 1.29 is 18.3 Å². The van der Waals surface area contributed by atoms with Crippen LogP contribution in [0, 0.1) is 12.3 Å². The summed E-state index contributed by atoms with van der Waals surface area (Å²) in [5.74, 6) is 3.04. The number of nitrogens with two attached hydrogens (primary N) is 1. The third kappa shape index (κ3) is 13.0. The zero-order valence-corrected chi connectivity index (χ0v) is 22.1. The molecule has 0 spiro atoms. The third-order valence-electron chi connectivity index (χ3n) is 5.60. The number of terminal acetylenes is 1. The molecule has 1 unspecified atom stereocenters. The Hall–Kier alpha value is -2.02. The van der Waals surface area contributed by atoms with E-state index in [0.717, 1.165) is 19.3 Å². The molecule has 10 nitrogen and oxygen atoms in total. The predicted molar refractivity (Wildman–Crippen MR) is 140 cm³/mol. The van der Waals surface area contributed by atoms with Crippen LogP contribution in [0.3, 0.4) is 0 Å². The van der Waals surface area contributed by atoms with Gasteiger partial charge in [0.2, 0.25) is 0 Å². The van der Waals surface area contributed by atoms with E-state index in [9.17, 15) is 4.57 Å². The lowest BCUT2D eigenvalue weighted by Crippen LogP contribution is -2.17. The Labute approximate surface area is 210 Å². The van der Waals surface area contributed by atoms with Crippen molar-refractivity contribution in [1.82, 2.24) is 25.7 Å². The van der Waals surface area contributed by atoms with Crippen molar-refractivity contribution in [2.75, 3.05) is 19.1 Å². The van der Waals surface area contributed by atoms with E-state index >= 15 is 0 Å². The van der Waals surface area contributed by atoms with E-state index in [1.54, 1.807) is 6.33 Å². The Balaban J connectivity index is 0.00000612. The first-order valence-electron chi connectivity index (χ1n) is 12.4. The van der Waals surface area contributed by atoms with Crippen LogP contribution in [0.2, 0.25) is 0 Å². The number of ether oxygens (including phenoxy) is 1. The SMILES string of the molecule is C#CCCCCCCCCCCCCCO[PH](=O)OCO[C@H](C)Cn1cnc2c(N)ncnc21.N. The van der Waals surface area contributed by atoms with Gasteiger partial charge in [-0.3, -0.25) is 9.09 Å². The average molecular weight is 511 g/mol. The summed E-state index contributed by atoms with van der Waals surface area (Å²) in [6, 6.07) is 0. The summed E-state index contributed by atoms with van der Waals surface area (Å²) in [5.41, 5.74) is 7.01. The number of nitrogen functional groups attached to an aromatic ring is 1. The van der Waals surface area contributed by atoms with E-state index in [2.05, 4.69) is 20.9 Å². The second kappa shape index (κ2) is 19.2. The molecule has 0 aliphatic carbocycles. The first-order chi connectivity index (χ1) is 16.6. The molecule has 0 saturated carbocycles. The van der Waals surface area contributed by atoms with E-state index in [-0.39, 0.29) is 19.0 Å². The van der Waals surface area contributed by atoms with Crippen molar-refractivity contribution in [2.45, 2.75) is 96.6 Å². The Bertz CT molecular complexity index is 889. The van der Waals surface area contributed by atoms with E-state index < -0.39 is 8.25 Å². The second-order valence-corrected chi connectivity index (χ2v) is 9.59. The molecule has 2 heterocycles. The van der Waals surface area contributed by atoms with Gasteiger partial charge in [-0.2, -0.15) is 0 Å². The molecular formula is C24H43N6O4P. The summed E-state index contributed by atoms with van der Waals surface area (Å²) in [4.78, 5) is 12.4. The number of hydrogen-bond acceptors (Lipinski definition) is 9. The molecule has 0 radical (unpaired) electrons. The number of rotatable bonds is 20. The molecule has 2 atom stereocenters. The predicted octanol–water partition coefficient (Wildman–Crippen LogP) is 5.67. The maximum absolute atomic E-state index is 11.9. The van der Waals surface area contributed by atoms with Gasteiger partial charge < -0.3 is 25.7 Å². The highest BCUT2D eigenvalue weighted by molar-refractivity contribution is 7.33. The smallest absolute Gasteiger partial charge is 0.321 e. The van der Waals surface area contributed by atoms with E-state index in [1.165, 1.54) is 64.1 Å². The highest BCUT2D eigenvalue weighted by Crippen LogP contribution is 2.24. The Morgan fingerprint density at radius 3 is 2.29 bits per heavy atom. The Morgan fingerprint density at radius 1 is 1.00 bits per heavy atom. The van der Waals surface area contributed by atoms with Crippen LogP contribution in [0.15, 0.2) is 12.7 Å². The molecule has 198 valence electrons. The van der Waals surface area contributed by atoms with E-state index in [4.69, 9.17) is 25.9 Å². The molecule has 5 N–H and O–H groups in total. The van der Waals surface area contributed by atoms with Crippen molar-refractivity contribution in [3.63, 3.8) is 0 Å². The molecule has 0 aliphatic heterocycles. The highest BCUT2D eigenvalue weighted by atomic mass is 31.1. The van der Waals surface area contributed by atoms with Crippen LogP contribution in [0.4, 0.5) is 5.82 Å². The second-order valence-electron chi connectivity index (χ2n) is 8.51. The molecule has 2 aromatic heterocycles. The van der Waals surface area contributed by atoms with Crippen molar-refractivity contribution >= 4 is 25.2 Å². The number of hydrogen-bond donors (Lipinski definition) is 2. The van der Waals surface area contributed by atoms with Gasteiger partial charge in [0, 0.05) is 6.42 Å². The minimum atomic E-state index is -2.54.